The quantitative estimate of drug-likeness (QED) is 0.406. The van der Waals surface area contributed by atoms with Crippen molar-refractivity contribution in [3.8, 4) is 5.75 Å². The Hall–Kier alpha value is -0.740. The summed E-state index contributed by atoms with van der Waals surface area (Å²) >= 11 is 6.24. The second-order valence-corrected chi connectivity index (χ2v) is 7.26. The molecule has 0 aliphatic heterocycles. The number of halogens is 3. The molecule has 1 aliphatic carbocycles. The van der Waals surface area contributed by atoms with Crippen LogP contribution in [0.2, 0.25) is 5.02 Å². The highest BCUT2D eigenvalue weighted by Gasteiger charge is 2.23. The molecular weight excluding hydrogens is 379 g/mol. The maximum absolute atomic E-state index is 6.29. The van der Waals surface area contributed by atoms with Gasteiger partial charge in [-0.15, -0.1) is 0 Å². The van der Waals surface area contributed by atoms with Crippen LogP contribution in [0.5, 0.6) is 5.75 Å². The van der Waals surface area contributed by atoms with Crippen molar-refractivity contribution in [1.29, 1.82) is 0 Å². The van der Waals surface area contributed by atoms with Gasteiger partial charge in [0, 0.05) is 23.9 Å². The number of hydrogen-bond donors (Lipinski definition) is 1. The van der Waals surface area contributed by atoms with Gasteiger partial charge in [-0.25, -0.2) is 4.98 Å². The van der Waals surface area contributed by atoms with Crippen molar-refractivity contribution in [2.24, 2.45) is 0 Å². The highest BCUT2D eigenvalue weighted by molar-refractivity contribution is 6.31. The first kappa shape index (κ1) is 22.3. The molecule has 0 radical (unpaired) electrons. The SMILES string of the molecule is C[NH+](C)CCCOc1c2c([nH+]c3ccc(Cl)cc13)CCCCC2.[Cl-].[Cl-]. The molecule has 0 bridgehead atoms. The molecule has 3 rings (SSSR count). The summed E-state index contributed by atoms with van der Waals surface area (Å²) in [6.45, 7) is 1.89. The van der Waals surface area contributed by atoms with Crippen molar-refractivity contribution < 1.29 is 39.4 Å². The molecule has 0 fully saturated rings. The van der Waals surface area contributed by atoms with E-state index in [9.17, 15) is 0 Å². The maximum atomic E-state index is 6.29. The van der Waals surface area contributed by atoms with E-state index in [4.69, 9.17) is 16.3 Å². The second-order valence-electron chi connectivity index (χ2n) is 6.82. The summed E-state index contributed by atoms with van der Waals surface area (Å²) in [6.07, 6.45) is 7.08. The fraction of sp³-hybridized carbons (Fsp3) is 0.526. The number of quaternary nitrogens is 1. The van der Waals surface area contributed by atoms with Crippen LogP contribution in [0.3, 0.4) is 0 Å². The van der Waals surface area contributed by atoms with Gasteiger partial charge in [-0.3, -0.25) is 0 Å². The summed E-state index contributed by atoms with van der Waals surface area (Å²) in [5, 5.41) is 1.89. The predicted octanol–water partition coefficient (Wildman–Crippen LogP) is -3.50. The molecule has 3 nitrogen and oxygen atoms in total. The Bertz CT molecular complexity index is 692. The topological polar surface area (TPSA) is 27.8 Å². The van der Waals surface area contributed by atoms with Crippen molar-refractivity contribution in [3.63, 3.8) is 0 Å². The van der Waals surface area contributed by atoms with Crippen LogP contribution in [-0.2, 0) is 12.8 Å². The van der Waals surface area contributed by atoms with Crippen molar-refractivity contribution in [3.05, 3.63) is 34.5 Å². The molecule has 0 atom stereocenters. The highest BCUT2D eigenvalue weighted by atomic mass is 35.5. The lowest BCUT2D eigenvalue weighted by Crippen LogP contribution is -3.05. The van der Waals surface area contributed by atoms with Gasteiger partial charge in [-0.05, 0) is 31.4 Å². The molecule has 0 saturated heterocycles. The highest BCUT2D eigenvalue weighted by Crippen LogP contribution is 2.34. The molecule has 2 aromatic rings. The van der Waals surface area contributed by atoms with Gasteiger partial charge in [0.2, 0.25) is 5.52 Å². The lowest BCUT2D eigenvalue weighted by molar-refractivity contribution is -0.858. The molecular formula is C19H27Cl3N2O. The number of benzene rings is 1. The number of aromatic nitrogens is 1. The number of ether oxygens (including phenoxy) is 1. The number of rotatable bonds is 5. The summed E-state index contributed by atoms with van der Waals surface area (Å²) < 4.78 is 6.29. The smallest absolute Gasteiger partial charge is 0.214 e. The van der Waals surface area contributed by atoms with Crippen LogP contribution in [0.4, 0.5) is 0 Å². The zero-order valence-corrected chi connectivity index (χ0v) is 17.2. The zero-order chi connectivity index (χ0) is 16.2. The average Bonchev–Trinajstić information content (AvgIpc) is 2.76. The molecule has 0 spiro atoms. The number of fused-ring (bicyclic) bond motifs is 2. The predicted molar refractivity (Wildman–Crippen MR) is 94.6 cm³/mol. The monoisotopic (exact) mass is 404 g/mol. The number of pyridine rings is 1. The Morgan fingerprint density at radius 1 is 1.12 bits per heavy atom. The summed E-state index contributed by atoms with van der Waals surface area (Å²) in [5.74, 6) is 1.06. The lowest BCUT2D eigenvalue weighted by atomic mass is 10.0. The first-order chi connectivity index (χ1) is 11.1. The van der Waals surface area contributed by atoms with E-state index in [1.54, 1.807) is 0 Å². The molecule has 25 heavy (non-hydrogen) atoms. The van der Waals surface area contributed by atoms with Crippen LogP contribution in [-0.4, -0.2) is 27.2 Å². The molecule has 0 saturated carbocycles. The van der Waals surface area contributed by atoms with E-state index in [0.717, 1.165) is 54.1 Å². The molecule has 1 heterocycles. The van der Waals surface area contributed by atoms with E-state index in [1.165, 1.54) is 35.4 Å². The van der Waals surface area contributed by atoms with Crippen LogP contribution in [0, 0.1) is 0 Å². The molecule has 6 heteroatoms. The molecule has 1 aromatic heterocycles. The van der Waals surface area contributed by atoms with E-state index in [2.05, 4.69) is 25.1 Å². The van der Waals surface area contributed by atoms with E-state index in [1.807, 2.05) is 12.1 Å². The maximum Gasteiger partial charge on any atom is 0.214 e. The van der Waals surface area contributed by atoms with Gasteiger partial charge >= 0.3 is 0 Å². The van der Waals surface area contributed by atoms with E-state index in [0.29, 0.717) is 0 Å². The second kappa shape index (κ2) is 10.4. The van der Waals surface area contributed by atoms with Crippen LogP contribution in [0.1, 0.15) is 36.9 Å². The fourth-order valence-corrected chi connectivity index (χ4v) is 3.55. The Labute approximate surface area is 167 Å². The van der Waals surface area contributed by atoms with Gasteiger partial charge in [0.25, 0.3) is 0 Å². The minimum atomic E-state index is 0. The number of aryl methyl sites for hydroxylation is 1. The zero-order valence-electron chi connectivity index (χ0n) is 14.9. The van der Waals surface area contributed by atoms with Gasteiger partial charge in [0.15, 0.2) is 5.69 Å². The van der Waals surface area contributed by atoms with E-state index < -0.39 is 0 Å². The lowest BCUT2D eigenvalue weighted by Gasteiger charge is -2.14. The molecule has 2 N–H and O–H groups in total. The van der Waals surface area contributed by atoms with E-state index >= 15 is 0 Å². The summed E-state index contributed by atoms with van der Waals surface area (Å²) in [4.78, 5) is 5.08. The largest absolute Gasteiger partial charge is 1.00 e. The van der Waals surface area contributed by atoms with Crippen molar-refractivity contribution in [2.45, 2.75) is 38.5 Å². The number of nitrogens with one attached hydrogen (secondary N) is 2. The van der Waals surface area contributed by atoms with Gasteiger partial charge in [0.1, 0.15) is 5.75 Å². The third-order valence-electron chi connectivity index (χ3n) is 4.57. The molecule has 1 aliphatic rings. The average molecular weight is 406 g/mol. The van der Waals surface area contributed by atoms with E-state index in [-0.39, 0.29) is 24.8 Å². The van der Waals surface area contributed by atoms with Gasteiger partial charge in [-0.1, -0.05) is 18.0 Å². The fourth-order valence-electron chi connectivity index (χ4n) is 3.37. The van der Waals surface area contributed by atoms with Crippen LogP contribution < -0.4 is 39.4 Å². The summed E-state index contributed by atoms with van der Waals surface area (Å²) in [5.41, 5.74) is 3.85. The third kappa shape index (κ3) is 5.62. The Balaban J connectivity index is 0.00000156. The van der Waals surface area contributed by atoms with Crippen LogP contribution >= 0.6 is 11.6 Å². The molecule has 140 valence electrons. The Kier molecular flexibility index (Phi) is 9.29. The first-order valence-corrected chi connectivity index (χ1v) is 9.11. The van der Waals surface area contributed by atoms with Gasteiger partial charge in [-0.2, -0.15) is 0 Å². The van der Waals surface area contributed by atoms with Gasteiger partial charge < -0.3 is 34.5 Å². The van der Waals surface area contributed by atoms with Gasteiger partial charge in [0.05, 0.1) is 38.2 Å². The Morgan fingerprint density at radius 2 is 1.88 bits per heavy atom. The van der Waals surface area contributed by atoms with Crippen molar-refractivity contribution >= 4 is 22.5 Å². The molecule has 0 unspecified atom stereocenters. The third-order valence-corrected chi connectivity index (χ3v) is 4.81. The normalized spacial score (nSPS) is 13.6. The Morgan fingerprint density at radius 3 is 2.64 bits per heavy atom. The number of H-pyrrole nitrogens is 1. The number of hydrogen-bond acceptors (Lipinski definition) is 1. The number of aromatic amines is 1. The molecule has 0 amide bonds. The van der Waals surface area contributed by atoms with Crippen LogP contribution in [0.15, 0.2) is 18.2 Å². The first-order valence-electron chi connectivity index (χ1n) is 8.73. The molecule has 1 aromatic carbocycles. The van der Waals surface area contributed by atoms with Crippen molar-refractivity contribution in [1.82, 2.24) is 0 Å². The van der Waals surface area contributed by atoms with Crippen LogP contribution in [0.25, 0.3) is 10.9 Å². The minimum Gasteiger partial charge on any atom is -1.00 e. The standard InChI is InChI=1S/C19H25ClN2O.2ClH/c1-22(2)11-6-12-23-19-15-7-4-3-5-8-17(15)21-18-10-9-14(20)13-16(18)19;;/h9-10,13H,3-8,11-12H2,1-2H3;2*1H. The van der Waals surface area contributed by atoms with Crippen molar-refractivity contribution in [2.75, 3.05) is 27.2 Å². The minimum absolute atomic E-state index is 0. The summed E-state index contributed by atoms with van der Waals surface area (Å²) in [7, 11) is 4.36. The summed E-state index contributed by atoms with van der Waals surface area (Å²) in [6, 6.07) is 6.05.